The highest BCUT2D eigenvalue weighted by molar-refractivity contribution is 7.19. The Morgan fingerprint density at radius 1 is 1.41 bits per heavy atom. The SMILES string of the molecule is C/C=C/c1c(C)nc2sc(C#N)c(N)c2c1C. The number of fused-ring (bicyclic) bond motifs is 1. The molecule has 17 heavy (non-hydrogen) atoms. The summed E-state index contributed by atoms with van der Waals surface area (Å²) < 4.78 is 0. The second kappa shape index (κ2) is 4.19. The summed E-state index contributed by atoms with van der Waals surface area (Å²) in [5.41, 5.74) is 9.71. The molecule has 0 aromatic carbocycles. The summed E-state index contributed by atoms with van der Waals surface area (Å²) in [6.45, 7) is 5.97. The van der Waals surface area contributed by atoms with Crippen molar-refractivity contribution in [3.63, 3.8) is 0 Å². The van der Waals surface area contributed by atoms with E-state index < -0.39 is 0 Å². The minimum Gasteiger partial charge on any atom is -0.396 e. The lowest BCUT2D eigenvalue weighted by Gasteiger charge is -2.06. The van der Waals surface area contributed by atoms with E-state index in [1.54, 1.807) is 0 Å². The van der Waals surface area contributed by atoms with E-state index in [1.165, 1.54) is 11.3 Å². The minimum absolute atomic E-state index is 0.549. The molecule has 0 aliphatic heterocycles. The predicted octanol–water partition coefficient (Wildman–Crippen LogP) is 3.40. The summed E-state index contributed by atoms with van der Waals surface area (Å²) in [6.07, 6.45) is 4.01. The molecular formula is C13H13N3S. The Morgan fingerprint density at radius 3 is 2.71 bits per heavy atom. The van der Waals surface area contributed by atoms with Crippen LogP contribution in [0, 0.1) is 25.2 Å². The molecule has 3 nitrogen and oxygen atoms in total. The monoisotopic (exact) mass is 243 g/mol. The first-order chi connectivity index (χ1) is 8.10. The smallest absolute Gasteiger partial charge is 0.130 e. The molecule has 0 aliphatic rings. The molecule has 86 valence electrons. The Kier molecular flexibility index (Phi) is 2.86. The number of hydrogen-bond acceptors (Lipinski definition) is 4. The number of aryl methyl sites for hydroxylation is 2. The van der Waals surface area contributed by atoms with Gasteiger partial charge in [-0.15, -0.1) is 11.3 Å². The number of pyridine rings is 1. The van der Waals surface area contributed by atoms with E-state index in [0.29, 0.717) is 10.6 Å². The van der Waals surface area contributed by atoms with E-state index >= 15 is 0 Å². The van der Waals surface area contributed by atoms with Crippen LogP contribution in [0.25, 0.3) is 16.3 Å². The number of nitrogens with zero attached hydrogens (tertiary/aromatic N) is 2. The molecule has 0 aliphatic carbocycles. The first kappa shape index (κ1) is 11.6. The van der Waals surface area contributed by atoms with E-state index in [-0.39, 0.29) is 0 Å². The summed E-state index contributed by atoms with van der Waals surface area (Å²) in [5, 5.41) is 9.91. The first-order valence-electron chi connectivity index (χ1n) is 5.32. The quantitative estimate of drug-likeness (QED) is 0.835. The van der Waals surface area contributed by atoms with E-state index in [1.807, 2.05) is 32.9 Å². The van der Waals surface area contributed by atoms with E-state index in [2.05, 4.69) is 11.1 Å². The van der Waals surface area contributed by atoms with Gasteiger partial charge < -0.3 is 5.73 Å². The molecule has 0 unspecified atom stereocenters. The molecule has 2 aromatic heterocycles. The van der Waals surface area contributed by atoms with Gasteiger partial charge in [0.25, 0.3) is 0 Å². The van der Waals surface area contributed by atoms with Crippen molar-refractivity contribution < 1.29 is 0 Å². The largest absolute Gasteiger partial charge is 0.396 e. The van der Waals surface area contributed by atoms with Crippen molar-refractivity contribution in [3.05, 3.63) is 27.8 Å². The van der Waals surface area contributed by atoms with Crippen LogP contribution in [0.2, 0.25) is 0 Å². The lowest BCUT2D eigenvalue weighted by molar-refractivity contribution is 1.23. The van der Waals surface area contributed by atoms with Gasteiger partial charge in [-0.1, -0.05) is 12.2 Å². The van der Waals surface area contributed by atoms with E-state index in [0.717, 1.165) is 27.0 Å². The first-order valence-corrected chi connectivity index (χ1v) is 6.13. The van der Waals surface area contributed by atoms with E-state index in [4.69, 9.17) is 11.0 Å². The van der Waals surface area contributed by atoms with Gasteiger partial charge in [-0.25, -0.2) is 4.98 Å². The van der Waals surface area contributed by atoms with Crippen molar-refractivity contribution in [3.8, 4) is 6.07 Å². The number of hydrogen-bond donors (Lipinski definition) is 1. The molecule has 0 bridgehead atoms. The van der Waals surface area contributed by atoms with Crippen LogP contribution in [0.3, 0.4) is 0 Å². The molecule has 0 fully saturated rings. The number of nitrogens with two attached hydrogens (primary N) is 1. The molecule has 2 N–H and O–H groups in total. The standard InChI is InChI=1S/C13H13N3S/c1-4-5-9-7(2)11-12(15)10(6-14)17-13(11)16-8(9)3/h4-5H,15H2,1-3H3/b5-4+. The summed E-state index contributed by atoms with van der Waals surface area (Å²) in [5.74, 6) is 0. The molecule has 0 amide bonds. The predicted molar refractivity (Wildman–Crippen MR) is 72.9 cm³/mol. The van der Waals surface area contributed by atoms with Crippen LogP contribution in [-0.4, -0.2) is 4.98 Å². The normalized spacial score (nSPS) is 11.2. The number of allylic oxidation sites excluding steroid dienone is 1. The molecule has 0 saturated carbocycles. The zero-order valence-electron chi connectivity index (χ0n) is 10.0. The fourth-order valence-corrected chi connectivity index (χ4v) is 2.99. The molecule has 0 atom stereocenters. The number of thiophene rings is 1. The van der Waals surface area contributed by atoms with E-state index in [9.17, 15) is 0 Å². The molecule has 2 rings (SSSR count). The summed E-state index contributed by atoms with van der Waals surface area (Å²) in [6, 6.07) is 2.12. The van der Waals surface area contributed by atoms with Crippen LogP contribution in [0.15, 0.2) is 6.08 Å². The fourth-order valence-electron chi connectivity index (χ4n) is 1.99. The second-order valence-electron chi connectivity index (χ2n) is 3.87. The average molecular weight is 243 g/mol. The molecule has 0 spiro atoms. The van der Waals surface area contributed by atoms with Crippen LogP contribution in [-0.2, 0) is 0 Å². The minimum atomic E-state index is 0.549. The van der Waals surface area contributed by atoms with Crippen LogP contribution >= 0.6 is 11.3 Å². The Morgan fingerprint density at radius 2 is 2.12 bits per heavy atom. The second-order valence-corrected chi connectivity index (χ2v) is 4.87. The zero-order valence-corrected chi connectivity index (χ0v) is 10.9. The number of rotatable bonds is 1. The number of nitriles is 1. The molecule has 0 saturated heterocycles. The lowest BCUT2D eigenvalue weighted by atomic mass is 10.0. The Hall–Kier alpha value is -1.86. The van der Waals surface area contributed by atoms with Gasteiger partial charge in [0.2, 0.25) is 0 Å². The van der Waals surface area contributed by atoms with Crippen molar-refractivity contribution in [2.45, 2.75) is 20.8 Å². The maximum Gasteiger partial charge on any atom is 0.130 e. The van der Waals surface area contributed by atoms with Gasteiger partial charge in [0.1, 0.15) is 15.8 Å². The molecular weight excluding hydrogens is 230 g/mol. The third-order valence-corrected chi connectivity index (χ3v) is 3.80. The maximum absolute atomic E-state index is 8.99. The number of aromatic nitrogens is 1. The fraction of sp³-hybridized carbons (Fsp3) is 0.231. The van der Waals surface area contributed by atoms with Crippen molar-refractivity contribution >= 4 is 33.3 Å². The highest BCUT2D eigenvalue weighted by atomic mass is 32.1. The average Bonchev–Trinajstić information content (AvgIpc) is 2.61. The third kappa shape index (κ3) is 1.69. The number of anilines is 1. The van der Waals surface area contributed by atoms with Gasteiger partial charge in [-0.05, 0) is 31.9 Å². The Labute approximate surface area is 104 Å². The summed E-state index contributed by atoms with van der Waals surface area (Å²) >= 11 is 1.36. The number of nitrogen functional groups attached to an aromatic ring is 1. The van der Waals surface area contributed by atoms with Gasteiger partial charge in [0.15, 0.2) is 0 Å². The van der Waals surface area contributed by atoms with Gasteiger partial charge >= 0.3 is 0 Å². The van der Waals surface area contributed by atoms with Crippen LogP contribution < -0.4 is 5.73 Å². The lowest BCUT2D eigenvalue weighted by Crippen LogP contribution is -1.94. The summed E-state index contributed by atoms with van der Waals surface area (Å²) in [4.78, 5) is 5.92. The van der Waals surface area contributed by atoms with Gasteiger partial charge in [-0.2, -0.15) is 5.26 Å². The van der Waals surface area contributed by atoms with Crippen LogP contribution in [0.4, 0.5) is 5.69 Å². The van der Waals surface area contributed by atoms with Crippen molar-refractivity contribution in [2.75, 3.05) is 5.73 Å². The highest BCUT2D eigenvalue weighted by Gasteiger charge is 2.15. The van der Waals surface area contributed by atoms with Crippen molar-refractivity contribution in [2.24, 2.45) is 0 Å². The third-order valence-electron chi connectivity index (χ3n) is 2.80. The highest BCUT2D eigenvalue weighted by Crippen LogP contribution is 2.36. The molecule has 2 aromatic rings. The molecule has 4 heteroatoms. The van der Waals surface area contributed by atoms with Gasteiger partial charge in [-0.3, -0.25) is 0 Å². The maximum atomic E-state index is 8.99. The topological polar surface area (TPSA) is 62.7 Å². The van der Waals surface area contributed by atoms with Crippen LogP contribution in [0.1, 0.15) is 28.6 Å². The zero-order chi connectivity index (χ0) is 12.6. The van der Waals surface area contributed by atoms with Crippen molar-refractivity contribution in [1.82, 2.24) is 4.98 Å². The summed E-state index contributed by atoms with van der Waals surface area (Å²) in [7, 11) is 0. The van der Waals surface area contributed by atoms with Crippen molar-refractivity contribution in [1.29, 1.82) is 5.26 Å². The van der Waals surface area contributed by atoms with Gasteiger partial charge in [0, 0.05) is 11.1 Å². The van der Waals surface area contributed by atoms with Gasteiger partial charge in [0.05, 0.1) is 5.69 Å². The van der Waals surface area contributed by atoms with Crippen LogP contribution in [0.5, 0.6) is 0 Å². The molecule has 0 radical (unpaired) electrons. The Balaban J connectivity index is 2.91. The Bertz CT molecular complexity index is 660. The molecule has 2 heterocycles.